The second-order valence-electron chi connectivity index (χ2n) is 4.61. The molecule has 0 saturated heterocycles. The first-order valence-electron chi connectivity index (χ1n) is 4.85. The summed E-state index contributed by atoms with van der Waals surface area (Å²) in [7, 11) is -1.30. The molecular formula is C12H16O2Si. The van der Waals surface area contributed by atoms with Crippen LogP contribution in [0.4, 0.5) is 0 Å². The zero-order valence-corrected chi connectivity index (χ0v) is 10.4. The average Bonchev–Trinajstić information content (AvgIpc) is 2.15. The summed E-state index contributed by atoms with van der Waals surface area (Å²) < 4.78 is 0. The van der Waals surface area contributed by atoms with Gasteiger partial charge in [-0.3, -0.25) is 0 Å². The second-order valence-corrected chi connectivity index (χ2v) is 9.69. The van der Waals surface area contributed by atoms with E-state index in [2.05, 4.69) is 26.2 Å². The van der Waals surface area contributed by atoms with Gasteiger partial charge in [0, 0.05) is 0 Å². The summed E-state index contributed by atoms with van der Waals surface area (Å²) in [5.41, 5.74) is 0.835. The molecule has 0 radical (unpaired) electrons. The van der Waals surface area contributed by atoms with Crippen molar-refractivity contribution in [3.63, 3.8) is 0 Å². The molecule has 80 valence electrons. The minimum Gasteiger partial charge on any atom is -0.478 e. The summed E-state index contributed by atoms with van der Waals surface area (Å²) in [6.07, 6.45) is 0. The smallest absolute Gasteiger partial charge is 0.335 e. The van der Waals surface area contributed by atoms with Gasteiger partial charge in [-0.2, -0.15) is 0 Å². The molecule has 0 aliphatic heterocycles. The molecule has 1 N–H and O–H groups in total. The van der Waals surface area contributed by atoms with E-state index in [0.29, 0.717) is 5.56 Å². The fourth-order valence-corrected chi connectivity index (χ4v) is 2.46. The van der Waals surface area contributed by atoms with E-state index in [-0.39, 0.29) is 5.57 Å². The van der Waals surface area contributed by atoms with Crippen molar-refractivity contribution in [3.05, 3.63) is 36.4 Å². The van der Waals surface area contributed by atoms with Gasteiger partial charge in [0.25, 0.3) is 0 Å². The van der Waals surface area contributed by atoms with Crippen LogP contribution >= 0.6 is 0 Å². The molecular weight excluding hydrogens is 204 g/mol. The van der Waals surface area contributed by atoms with Gasteiger partial charge >= 0.3 is 5.97 Å². The predicted molar refractivity (Wildman–Crippen MR) is 66.1 cm³/mol. The molecule has 2 nitrogen and oxygen atoms in total. The predicted octanol–water partition coefficient (Wildman–Crippen LogP) is 2.33. The highest BCUT2D eigenvalue weighted by molar-refractivity contribution is 6.88. The van der Waals surface area contributed by atoms with Crippen molar-refractivity contribution in [2.45, 2.75) is 19.6 Å². The van der Waals surface area contributed by atoms with Crippen molar-refractivity contribution < 1.29 is 9.90 Å². The maximum atomic E-state index is 10.7. The van der Waals surface area contributed by atoms with Crippen LogP contribution in [-0.4, -0.2) is 19.1 Å². The third-order valence-electron chi connectivity index (χ3n) is 2.36. The molecule has 0 aliphatic carbocycles. The van der Waals surface area contributed by atoms with E-state index in [1.165, 1.54) is 5.19 Å². The molecule has 1 rings (SSSR count). The Bertz CT molecular complexity index is 385. The first-order valence-corrected chi connectivity index (χ1v) is 8.35. The van der Waals surface area contributed by atoms with E-state index in [1.807, 2.05) is 24.3 Å². The van der Waals surface area contributed by atoms with E-state index in [9.17, 15) is 4.79 Å². The number of carboxylic acid groups (broad SMARTS) is 1. The van der Waals surface area contributed by atoms with Crippen LogP contribution in [0.5, 0.6) is 0 Å². The van der Waals surface area contributed by atoms with Crippen molar-refractivity contribution in [2.75, 3.05) is 0 Å². The van der Waals surface area contributed by atoms with Gasteiger partial charge in [-0.15, -0.1) is 0 Å². The number of carboxylic acids is 1. The Morgan fingerprint density at radius 2 is 1.67 bits per heavy atom. The summed E-state index contributed by atoms with van der Waals surface area (Å²) in [4.78, 5) is 10.7. The molecule has 1 aromatic carbocycles. The summed E-state index contributed by atoms with van der Waals surface area (Å²) >= 11 is 0. The molecule has 1 aromatic rings. The first-order chi connectivity index (χ1) is 6.82. The molecule has 0 amide bonds. The largest absolute Gasteiger partial charge is 0.478 e. The zero-order chi connectivity index (χ0) is 11.6. The quantitative estimate of drug-likeness (QED) is 0.627. The van der Waals surface area contributed by atoms with E-state index in [0.717, 1.165) is 0 Å². The molecule has 0 unspecified atom stereocenters. The standard InChI is InChI=1S/C12H16O2Si/c1-9(12(13)14)10-5-7-11(8-6-10)15(2,3)4/h5-8H,1H2,2-4H3,(H,13,14). The maximum Gasteiger partial charge on any atom is 0.335 e. The van der Waals surface area contributed by atoms with E-state index >= 15 is 0 Å². The van der Waals surface area contributed by atoms with Crippen molar-refractivity contribution in [1.82, 2.24) is 0 Å². The SMILES string of the molecule is C=C(C(=O)O)c1ccc([Si](C)(C)C)cc1. The van der Waals surface area contributed by atoms with Gasteiger partial charge in [0.1, 0.15) is 0 Å². The Morgan fingerprint density at radius 1 is 1.20 bits per heavy atom. The van der Waals surface area contributed by atoms with Crippen LogP contribution in [0.15, 0.2) is 30.8 Å². The normalized spacial score (nSPS) is 11.1. The molecule has 0 fully saturated rings. The third kappa shape index (κ3) is 2.80. The van der Waals surface area contributed by atoms with Crippen LogP contribution in [0.3, 0.4) is 0 Å². The highest BCUT2D eigenvalue weighted by atomic mass is 28.3. The number of rotatable bonds is 3. The Morgan fingerprint density at radius 3 is 2.00 bits per heavy atom. The van der Waals surface area contributed by atoms with Gasteiger partial charge in [-0.25, -0.2) is 4.79 Å². The second kappa shape index (κ2) is 4.02. The Hall–Kier alpha value is -1.35. The fraction of sp³-hybridized carbons (Fsp3) is 0.250. The van der Waals surface area contributed by atoms with E-state index in [1.54, 1.807) is 0 Å². The van der Waals surface area contributed by atoms with Crippen molar-refractivity contribution in [2.24, 2.45) is 0 Å². The Kier molecular flexibility index (Phi) is 3.14. The molecule has 0 aromatic heterocycles. The molecule has 15 heavy (non-hydrogen) atoms. The van der Waals surface area contributed by atoms with E-state index in [4.69, 9.17) is 5.11 Å². The molecule has 3 heteroatoms. The number of benzene rings is 1. The van der Waals surface area contributed by atoms with Crippen LogP contribution in [-0.2, 0) is 4.79 Å². The topological polar surface area (TPSA) is 37.3 Å². The lowest BCUT2D eigenvalue weighted by Crippen LogP contribution is -2.37. The first kappa shape index (κ1) is 11.7. The molecule has 0 aliphatic rings. The summed E-state index contributed by atoms with van der Waals surface area (Å²) in [6.45, 7) is 10.3. The van der Waals surface area contributed by atoms with Gasteiger partial charge in [-0.05, 0) is 5.56 Å². The van der Waals surface area contributed by atoms with Crippen LogP contribution in [0.1, 0.15) is 5.56 Å². The van der Waals surface area contributed by atoms with Gasteiger partial charge in [0.05, 0.1) is 13.6 Å². The van der Waals surface area contributed by atoms with Crippen LogP contribution in [0, 0.1) is 0 Å². The highest BCUT2D eigenvalue weighted by Crippen LogP contribution is 2.12. The molecule has 0 spiro atoms. The lowest BCUT2D eigenvalue weighted by molar-refractivity contribution is -0.130. The highest BCUT2D eigenvalue weighted by Gasteiger charge is 2.16. The molecule has 0 heterocycles. The summed E-state index contributed by atoms with van der Waals surface area (Å²) in [6, 6.07) is 7.69. The monoisotopic (exact) mass is 220 g/mol. The number of hydrogen-bond acceptors (Lipinski definition) is 1. The maximum absolute atomic E-state index is 10.7. The number of carbonyl (C=O) groups is 1. The molecule has 0 atom stereocenters. The van der Waals surface area contributed by atoms with Crippen LogP contribution in [0.25, 0.3) is 5.57 Å². The van der Waals surface area contributed by atoms with Crippen molar-refractivity contribution in [1.29, 1.82) is 0 Å². The minimum atomic E-state index is -1.30. The summed E-state index contributed by atoms with van der Waals surface area (Å²) in [5.74, 6) is -0.962. The Balaban J connectivity index is 3.01. The lowest BCUT2D eigenvalue weighted by atomic mass is 10.1. The minimum absolute atomic E-state index is 0.150. The molecule has 0 saturated carbocycles. The summed E-state index contributed by atoms with van der Waals surface area (Å²) in [5, 5.41) is 10.1. The van der Waals surface area contributed by atoms with Gasteiger partial charge < -0.3 is 5.11 Å². The van der Waals surface area contributed by atoms with E-state index < -0.39 is 14.0 Å². The van der Waals surface area contributed by atoms with Crippen molar-refractivity contribution >= 4 is 24.8 Å². The Labute approximate surface area is 91.3 Å². The number of hydrogen-bond donors (Lipinski definition) is 1. The van der Waals surface area contributed by atoms with Crippen molar-refractivity contribution in [3.8, 4) is 0 Å². The lowest BCUT2D eigenvalue weighted by Gasteiger charge is -2.16. The van der Waals surface area contributed by atoms with Crippen LogP contribution < -0.4 is 5.19 Å². The van der Waals surface area contributed by atoms with Gasteiger partial charge in [0.2, 0.25) is 0 Å². The number of aliphatic carboxylic acids is 1. The van der Waals surface area contributed by atoms with Gasteiger partial charge in [0.15, 0.2) is 0 Å². The van der Waals surface area contributed by atoms with Gasteiger partial charge in [-0.1, -0.05) is 55.7 Å². The third-order valence-corrected chi connectivity index (χ3v) is 4.42. The zero-order valence-electron chi connectivity index (χ0n) is 9.37. The average molecular weight is 220 g/mol. The fourth-order valence-electron chi connectivity index (χ4n) is 1.29. The van der Waals surface area contributed by atoms with Crippen LogP contribution in [0.2, 0.25) is 19.6 Å². The molecule has 0 bridgehead atoms.